The molecule has 4 aromatic rings. The fraction of sp³-hybridized carbons (Fsp3) is 0. The Morgan fingerprint density at radius 1 is 0.680 bits per heavy atom. The van der Waals surface area contributed by atoms with Gasteiger partial charge in [0.1, 0.15) is 0 Å². The molecule has 0 N–H and O–H groups in total. The van der Waals surface area contributed by atoms with Crippen molar-refractivity contribution in [2.75, 3.05) is 0 Å². The number of rotatable bonds is 3. The Labute approximate surface area is 164 Å². The third-order valence-corrected chi connectivity index (χ3v) is 4.11. The van der Waals surface area contributed by atoms with Gasteiger partial charge in [-0.25, -0.2) is 9.67 Å². The zero-order chi connectivity index (χ0) is 16.4. The first-order chi connectivity index (χ1) is 11.8. The van der Waals surface area contributed by atoms with E-state index in [9.17, 15) is 0 Å². The smallest absolute Gasteiger partial charge is 0.182 e. The topological polar surface area (TPSA) is 30.7 Å². The molecule has 0 aliphatic carbocycles. The summed E-state index contributed by atoms with van der Waals surface area (Å²) in [7, 11) is 0. The van der Waals surface area contributed by atoms with E-state index in [0.29, 0.717) is 5.82 Å². The van der Waals surface area contributed by atoms with Gasteiger partial charge in [-0.1, -0.05) is 78.9 Å². The average molecular weight is 394 g/mol. The van der Waals surface area contributed by atoms with Crippen LogP contribution in [-0.2, 0) is 32.1 Å². The van der Waals surface area contributed by atoms with E-state index >= 15 is 0 Å². The minimum atomic E-state index is 0. The van der Waals surface area contributed by atoms with Crippen molar-refractivity contribution in [2.24, 2.45) is 0 Å². The molecule has 118 valence electrons. The molecule has 0 radical (unpaired) electrons. The predicted octanol–water partition coefficient (Wildman–Crippen LogP) is 4.50. The van der Waals surface area contributed by atoms with E-state index in [1.165, 1.54) is 0 Å². The summed E-state index contributed by atoms with van der Waals surface area (Å²) in [5.41, 5.74) is 2.85. The zero-order valence-corrected chi connectivity index (χ0v) is 17.3. The van der Waals surface area contributed by atoms with E-state index in [1.54, 1.807) is 0 Å². The number of hydrogen-bond acceptors (Lipinski definition) is 3. The molecule has 1 heterocycles. The van der Waals surface area contributed by atoms with Crippen LogP contribution < -0.4 is 0 Å². The van der Waals surface area contributed by atoms with E-state index in [-0.39, 0.29) is 19.5 Å². The molecule has 5 heteroatoms. The van der Waals surface area contributed by atoms with E-state index in [2.05, 4.69) is 0 Å². The molecule has 0 amide bonds. The Hall–Kier alpha value is -2.36. The second-order valence-corrected chi connectivity index (χ2v) is 5.81. The Balaban J connectivity index is 0.00000182. The van der Waals surface area contributed by atoms with Crippen LogP contribution >= 0.6 is 0 Å². The molecule has 0 bridgehead atoms. The van der Waals surface area contributed by atoms with Crippen molar-refractivity contribution in [2.45, 2.75) is 4.90 Å². The van der Waals surface area contributed by atoms with Gasteiger partial charge in [0.2, 0.25) is 0 Å². The normalized spacial score (nSPS) is 10.2. The quantitative estimate of drug-likeness (QED) is 0.379. The largest absolute Gasteiger partial charge is 0.778 e. The first kappa shape index (κ1) is 17.5. The van der Waals surface area contributed by atoms with Crippen LogP contribution in [0.4, 0.5) is 0 Å². The number of hydrogen-bond donors (Lipinski definition) is 0. The van der Waals surface area contributed by atoms with Crippen LogP contribution in [0.1, 0.15) is 0 Å². The number of para-hydroxylation sites is 1. The Bertz CT molecular complexity index is 969. The fourth-order valence-corrected chi connectivity index (χ4v) is 2.83. The first-order valence-corrected chi connectivity index (χ1v) is 8.08. The molecule has 0 saturated heterocycles. The molecule has 0 atom stereocenters. The SMILES string of the molecule is [S-]c1ccccc1-n1nc(-c2ccccc2)nc1-c1ccccc1.[Zn]. The second kappa shape index (κ2) is 7.69. The molecule has 0 aliphatic rings. The molecule has 1 aromatic heterocycles. The molecular formula is C20H14N3SZn-. The summed E-state index contributed by atoms with van der Waals surface area (Å²) < 4.78 is 1.83. The second-order valence-electron chi connectivity index (χ2n) is 5.37. The van der Waals surface area contributed by atoms with Crippen LogP contribution in [0.25, 0.3) is 28.5 Å². The van der Waals surface area contributed by atoms with Crippen molar-refractivity contribution in [1.29, 1.82) is 0 Å². The Morgan fingerprint density at radius 2 is 1.24 bits per heavy atom. The molecule has 0 fully saturated rings. The van der Waals surface area contributed by atoms with Crippen molar-refractivity contribution < 1.29 is 19.5 Å². The van der Waals surface area contributed by atoms with Crippen LogP contribution in [0.5, 0.6) is 0 Å². The Kier molecular flexibility index (Phi) is 5.37. The van der Waals surface area contributed by atoms with Crippen LogP contribution in [0.3, 0.4) is 0 Å². The number of nitrogens with zero attached hydrogens (tertiary/aromatic N) is 3. The van der Waals surface area contributed by atoms with Crippen LogP contribution in [-0.4, -0.2) is 14.8 Å². The summed E-state index contributed by atoms with van der Waals surface area (Å²) in [4.78, 5) is 5.52. The van der Waals surface area contributed by atoms with Gasteiger partial charge in [0, 0.05) is 36.3 Å². The summed E-state index contributed by atoms with van der Waals surface area (Å²) in [6.07, 6.45) is 0. The van der Waals surface area contributed by atoms with Crippen molar-refractivity contribution in [3.8, 4) is 28.5 Å². The molecule has 3 nitrogen and oxygen atoms in total. The standard InChI is InChI=1S/C20H15N3S.Zn/c24-18-14-8-7-13-17(18)23-20(16-11-5-2-6-12-16)21-19(22-23)15-9-3-1-4-10-15;/h1-14,24H;/p-1. The summed E-state index contributed by atoms with van der Waals surface area (Å²) in [5, 5.41) is 4.73. The summed E-state index contributed by atoms with van der Waals surface area (Å²) >= 11 is 5.48. The van der Waals surface area contributed by atoms with Crippen LogP contribution in [0.15, 0.2) is 89.8 Å². The van der Waals surface area contributed by atoms with Gasteiger partial charge < -0.3 is 12.6 Å². The number of benzene rings is 3. The van der Waals surface area contributed by atoms with Crippen molar-refractivity contribution in [3.05, 3.63) is 84.9 Å². The van der Waals surface area contributed by atoms with Gasteiger partial charge in [0.15, 0.2) is 11.6 Å². The van der Waals surface area contributed by atoms with Gasteiger partial charge in [-0.2, -0.15) is 0 Å². The molecular weight excluding hydrogens is 380 g/mol. The number of aromatic nitrogens is 3. The third kappa shape index (κ3) is 3.53. The predicted molar refractivity (Wildman–Crippen MR) is 97.9 cm³/mol. The molecule has 4 rings (SSSR count). The molecule has 3 aromatic carbocycles. The first-order valence-electron chi connectivity index (χ1n) is 7.67. The van der Waals surface area contributed by atoms with Crippen molar-refractivity contribution >= 4 is 12.6 Å². The summed E-state index contributed by atoms with van der Waals surface area (Å²) in [6, 6.07) is 27.8. The van der Waals surface area contributed by atoms with Crippen molar-refractivity contribution in [1.82, 2.24) is 14.8 Å². The van der Waals surface area contributed by atoms with Gasteiger partial charge in [-0.3, -0.25) is 0 Å². The van der Waals surface area contributed by atoms with Gasteiger partial charge in [-0.05, 0) is 6.07 Å². The van der Waals surface area contributed by atoms with E-state index in [1.807, 2.05) is 89.6 Å². The minimum absolute atomic E-state index is 0. The summed E-state index contributed by atoms with van der Waals surface area (Å²) in [5.74, 6) is 1.47. The van der Waals surface area contributed by atoms with E-state index < -0.39 is 0 Å². The maximum Gasteiger partial charge on any atom is 0.182 e. The van der Waals surface area contributed by atoms with E-state index in [4.69, 9.17) is 22.7 Å². The van der Waals surface area contributed by atoms with Gasteiger partial charge in [0.05, 0.1) is 0 Å². The zero-order valence-electron chi connectivity index (χ0n) is 13.5. The molecule has 0 unspecified atom stereocenters. The van der Waals surface area contributed by atoms with Crippen LogP contribution in [0.2, 0.25) is 0 Å². The maximum absolute atomic E-state index is 5.48. The third-order valence-electron chi connectivity index (χ3n) is 3.76. The fourth-order valence-electron chi connectivity index (χ4n) is 2.60. The molecule has 0 saturated carbocycles. The van der Waals surface area contributed by atoms with E-state index in [0.717, 1.165) is 27.5 Å². The monoisotopic (exact) mass is 392 g/mol. The van der Waals surface area contributed by atoms with Crippen LogP contribution in [0, 0.1) is 0 Å². The molecule has 25 heavy (non-hydrogen) atoms. The molecule has 0 spiro atoms. The van der Waals surface area contributed by atoms with Gasteiger partial charge in [-0.15, -0.1) is 9.99 Å². The summed E-state index contributed by atoms with van der Waals surface area (Å²) in [6.45, 7) is 0. The average Bonchev–Trinajstić information content (AvgIpc) is 3.09. The Morgan fingerprint density at radius 3 is 1.88 bits per heavy atom. The van der Waals surface area contributed by atoms with Crippen molar-refractivity contribution in [3.63, 3.8) is 0 Å². The molecule has 0 aliphatic heterocycles. The van der Waals surface area contributed by atoms with Gasteiger partial charge in [0.25, 0.3) is 0 Å². The van der Waals surface area contributed by atoms with Gasteiger partial charge >= 0.3 is 0 Å². The minimum Gasteiger partial charge on any atom is -0.778 e. The maximum atomic E-state index is 5.48.